The van der Waals surface area contributed by atoms with Gasteiger partial charge in [0.05, 0.1) is 18.5 Å². The summed E-state index contributed by atoms with van der Waals surface area (Å²) in [5.74, 6) is -0.0508. The molecule has 0 N–H and O–H groups in total. The number of halogens is 2. The van der Waals surface area contributed by atoms with Crippen molar-refractivity contribution >= 4 is 37.8 Å². The van der Waals surface area contributed by atoms with E-state index in [9.17, 15) is 4.79 Å². The molecule has 2 heterocycles. The van der Waals surface area contributed by atoms with Crippen LogP contribution in [-0.2, 0) is 14.3 Å². The van der Waals surface area contributed by atoms with E-state index in [0.29, 0.717) is 12.3 Å². The average Bonchev–Trinajstić information content (AvgIpc) is 2.93. The van der Waals surface area contributed by atoms with Gasteiger partial charge in [-0.3, -0.25) is 9.97 Å². The number of nitrogens with zero attached hydrogens (tertiary/aromatic N) is 2. The van der Waals surface area contributed by atoms with Gasteiger partial charge in [-0.25, -0.2) is 4.79 Å². The van der Waals surface area contributed by atoms with Crippen molar-refractivity contribution in [3.63, 3.8) is 0 Å². The van der Waals surface area contributed by atoms with Crippen molar-refractivity contribution in [2.45, 2.75) is 32.5 Å². The van der Waals surface area contributed by atoms with Gasteiger partial charge < -0.3 is 9.47 Å². The first-order valence-corrected chi connectivity index (χ1v) is 13.5. The highest BCUT2D eigenvalue weighted by Crippen LogP contribution is 2.29. The van der Waals surface area contributed by atoms with Gasteiger partial charge in [0.25, 0.3) is 0 Å². The molecule has 0 aliphatic carbocycles. The molecule has 0 amide bonds. The smallest absolute Gasteiger partial charge is 0.335 e. The minimum Gasteiger partial charge on any atom is -0.467 e. The number of pyridine rings is 2. The van der Waals surface area contributed by atoms with E-state index in [0.717, 1.165) is 31.5 Å². The number of carbonyl (C=O) groups excluding carboxylic acids is 1. The first-order chi connectivity index (χ1) is 17.9. The van der Waals surface area contributed by atoms with Gasteiger partial charge in [0, 0.05) is 26.9 Å². The normalized spacial score (nSPS) is 12.3. The van der Waals surface area contributed by atoms with Crippen molar-refractivity contribution in [1.82, 2.24) is 9.97 Å². The average molecular weight is 626 g/mol. The van der Waals surface area contributed by atoms with Gasteiger partial charge in [-0.1, -0.05) is 82.1 Å². The predicted octanol–water partition coefficient (Wildman–Crippen LogP) is 8.05. The van der Waals surface area contributed by atoms with E-state index >= 15 is 0 Å². The van der Waals surface area contributed by atoms with Crippen LogP contribution in [0.15, 0.2) is 106 Å². The van der Waals surface area contributed by atoms with Crippen molar-refractivity contribution in [1.29, 1.82) is 0 Å². The lowest BCUT2D eigenvalue weighted by molar-refractivity contribution is -0.158. The highest BCUT2D eigenvalue weighted by atomic mass is 79.9. The minimum atomic E-state index is -0.634. The van der Waals surface area contributed by atoms with Gasteiger partial charge in [0.1, 0.15) is 6.10 Å². The van der Waals surface area contributed by atoms with Crippen LogP contribution in [0.3, 0.4) is 0 Å². The predicted molar refractivity (Wildman–Crippen MR) is 154 cm³/mol. The molecule has 2 aromatic carbocycles. The molecule has 37 heavy (non-hydrogen) atoms. The van der Waals surface area contributed by atoms with Gasteiger partial charge in [-0.2, -0.15) is 0 Å². The number of hydrogen-bond acceptors (Lipinski definition) is 5. The quantitative estimate of drug-likeness (QED) is 0.185. The van der Waals surface area contributed by atoms with E-state index in [-0.39, 0.29) is 5.97 Å². The topological polar surface area (TPSA) is 61.3 Å². The summed E-state index contributed by atoms with van der Waals surface area (Å²) in [5.41, 5.74) is 3.85. The van der Waals surface area contributed by atoms with E-state index in [1.54, 1.807) is 12.4 Å². The highest BCUT2D eigenvalue weighted by molar-refractivity contribution is 9.10. The molecule has 2 aromatic heterocycles. The zero-order chi connectivity index (χ0) is 26.6. The summed E-state index contributed by atoms with van der Waals surface area (Å²) in [6.45, 7) is 4.10. The van der Waals surface area contributed by atoms with E-state index in [1.807, 2.05) is 84.9 Å². The minimum absolute atomic E-state index is 0.309. The lowest BCUT2D eigenvalue weighted by Gasteiger charge is -2.24. The molecule has 192 valence electrons. The maximum Gasteiger partial charge on any atom is 0.335 e. The Balaban J connectivity index is 0.000000244. The number of carbonyl (C=O) groups is 1. The fraction of sp³-hybridized carbons (Fsp3) is 0.233. The lowest BCUT2D eigenvalue weighted by atomic mass is 10.0. The van der Waals surface area contributed by atoms with Crippen LogP contribution in [0.5, 0.6) is 0 Å². The second-order valence-electron chi connectivity index (χ2n) is 8.69. The molecule has 0 aliphatic rings. The van der Waals surface area contributed by atoms with E-state index in [2.05, 4.69) is 55.7 Å². The van der Waals surface area contributed by atoms with Crippen molar-refractivity contribution in [2.24, 2.45) is 5.92 Å². The van der Waals surface area contributed by atoms with Crippen LogP contribution in [0.4, 0.5) is 0 Å². The third kappa shape index (κ3) is 9.18. The van der Waals surface area contributed by atoms with Crippen LogP contribution in [0.1, 0.15) is 37.6 Å². The second kappa shape index (κ2) is 14.8. The zero-order valence-electron chi connectivity index (χ0n) is 21.1. The Bertz CT molecular complexity index is 1220. The number of ether oxygens (including phenoxy) is 2. The molecule has 4 aromatic rings. The summed E-state index contributed by atoms with van der Waals surface area (Å²) in [4.78, 5) is 20.8. The molecule has 0 spiro atoms. The standard InChI is InChI=1S/C19H22BrNO3.C11H8BrN/c1-13(2)12-17(19(22)23-3)24-18(16-6-4-5-11-21-16)14-7-9-15(20)10-8-14;12-10-6-4-9(5-7-10)11-3-1-2-8-13-11/h4-11,13,17-18H,12H2,1-3H3;1-8H. The molecule has 4 rings (SSSR count). The van der Waals surface area contributed by atoms with E-state index < -0.39 is 12.2 Å². The Morgan fingerprint density at radius 2 is 1.41 bits per heavy atom. The Kier molecular flexibility index (Phi) is 11.5. The monoisotopic (exact) mass is 624 g/mol. The number of esters is 1. The number of rotatable bonds is 8. The highest BCUT2D eigenvalue weighted by Gasteiger charge is 2.27. The number of aromatic nitrogens is 2. The number of methoxy groups -OCH3 is 1. The summed E-state index contributed by atoms with van der Waals surface area (Å²) in [5, 5.41) is 0. The third-order valence-electron chi connectivity index (χ3n) is 5.38. The van der Waals surface area contributed by atoms with Gasteiger partial charge >= 0.3 is 5.97 Å². The van der Waals surface area contributed by atoms with E-state index in [1.165, 1.54) is 7.11 Å². The molecule has 2 unspecified atom stereocenters. The Hall–Kier alpha value is -2.87. The maximum absolute atomic E-state index is 12.1. The summed E-state index contributed by atoms with van der Waals surface area (Å²) in [7, 11) is 1.38. The van der Waals surface area contributed by atoms with Crippen LogP contribution in [-0.4, -0.2) is 29.2 Å². The molecule has 7 heteroatoms. The molecule has 2 atom stereocenters. The zero-order valence-corrected chi connectivity index (χ0v) is 24.2. The molecular formula is C30H30Br2N2O3. The molecule has 0 aliphatic heterocycles. The van der Waals surface area contributed by atoms with Crippen molar-refractivity contribution in [3.05, 3.63) is 118 Å². The van der Waals surface area contributed by atoms with Gasteiger partial charge in [-0.05, 0) is 66.4 Å². The number of benzene rings is 2. The Morgan fingerprint density at radius 1 is 0.811 bits per heavy atom. The van der Waals surface area contributed by atoms with Crippen LogP contribution in [0, 0.1) is 5.92 Å². The fourth-order valence-corrected chi connectivity index (χ4v) is 4.10. The van der Waals surface area contributed by atoms with Crippen molar-refractivity contribution < 1.29 is 14.3 Å². The SMILES string of the molecule is Brc1ccc(-c2ccccn2)cc1.COC(=O)C(CC(C)C)OC(c1ccc(Br)cc1)c1ccccn1. The molecule has 5 nitrogen and oxygen atoms in total. The molecule has 0 radical (unpaired) electrons. The second-order valence-corrected chi connectivity index (χ2v) is 10.5. The van der Waals surface area contributed by atoms with Crippen LogP contribution in [0.25, 0.3) is 11.3 Å². The molecule has 0 saturated heterocycles. The lowest BCUT2D eigenvalue weighted by Crippen LogP contribution is -2.29. The largest absolute Gasteiger partial charge is 0.467 e. The van der Waals surface area contributed by atoms with Gasteiger partial charge in [0.15, 0.2) is 6.10 Å². The molecular weight excluding hydrogens is 596 g/mol. The van der Waals surface area contributed by atoms with Crippen molar-refractivity contribution in [3.8, 4) is 11.3 Å². The Labute approximate surface area is 235 Å². The molecule has 0 saturated carbocycles. The fourth-order valence-electron chi connectivity index (χ4n) is 3.57. The summed E-state index contributed by atoms with van der Waals surface area (Å²) < 4.78 is 13.2. The van der Waals surface area contributed by atoms with Gasteiger partial charge in [0.2, 0.25) is 0 Å². The maximum atomic E-state index is 12.1. The first kappa shape index (κ1) is 28.7. The molecule has 0 fully saturated rings. The van der Waals surface area contributed by atoms with Crippen LogP contribution in [0.2, 0.25) is 0 Å². The van der Waals surface area contributed by atoms with E-state index in [4.69, 9.17) is 9.47 Å². The van der Waals surface area contributed by atoms with Crippen LogP contribution < -0.4 is 0 Å². The van der Waals surface area contributed by atoms with Crippen molar-refractivity contribution in [2.75, 3.05) is 7.11 Å². The third-order valence-corrected chi connectivity index (χ3v) is 6.44. The summed E-state index contributed by atoms with van der Waals surface area (Å²) >= 11 is 6.84. The number of hydrogen-bond donors (Lipinski definition) is 0. The first-order valence-electron chi connectivity index (χ1n) is 11.9. The molecule has 0 bridgehead atoms. The van der Waals surface area contributed by atoms with Gasteiger partial charge in [-0.15, -0.1) is 0 Å². The summed E-state index contributed by atoms with van der Waals surface area (Å²) in [6.07, 6.45) is 3.05. The van der Waals surface area contributed by atoms with Crippen LogP contribution >= 0.6 is 31.9 Å². The Morgan fingerprint density at radius 3 is 1.92 bits per heavy atom. The summed E-state index contributed by atoms with van der Waals surface area (Å²) in [6, 6.07) is 27.5.